The van der Waals surface area contributed by atoms with Crippen molar-refractivity contribution in [3.05, 3.63) is 59.7 Å². The van der Waals surface area contributed by atoms with Crippen molar-refractivity contribution in [1.82, 2.24) is 26.2 Å². The lowest BCUT2D eigenvalue weighted by Crippen LogP contribution is -2.61. The first kappa shape index (κ1) is 48.3. The number of nitrogens with two attached hydrogens (primary N) is 1. The summed E-state index contributed by atoms with van der Waals surface area (Å²) >= 11 is 0. The Morgan fingerprint density at radius 1 is 0.847 bits per heavy atom. The minimum Gasteiger partial charge on any atom is -0.480 e. The molecule has 1 saturated heterocycles. The summed E-state index contributed by atoms with van der Waals surface area (Å²) in [6.45, 7) is 14.1. The minimum atomic E-state index is -1.63. The van der Waals surface area contributed by atoms with Crippen molar-refractivity contribution in [2.24, 2.45) is 17.6 Å². The maximum Gasteiger partial charge on any atom is 0.407 e. The van der Waals surface area contributed by atoms with Crippen molar-refractivity contribution in [3.8, 4) is 11.1 Å². The number of piperidine rings is 1. The van der Waals surface area contributed by atoms with Crippen molar-refractivity contribution < 1.29 is 43.3 Å². The fourth-order valence-electron chi connectivity index (χ4n) is 6.49. The molecule has 4 atom stereocenters. The lowest BCUT2D eigenvalue weighted by atomic mass is 9.94. The summed E-state index contributed by atoms with van der Waals surface area (Å²) < 4.78 is 11.1. The lowest BCUT2D eigenvalue weighted by molar-refractivity contribution is -0.142. The fourth-order valence-corrected chi connectivity index (χ4v) is 6.49. The number of hydrogen-bond acceptors (Lipinski definition) is 9. The number of carbonyl (C=O) groups is 6. The van der Waals surface area contributed by atoms with E-state index in [1.165, 1.54) is 5.56 Å². The van der Waals surface area contributed by atoms with Gasteiger partial charge in [-0.3, -0.25) is 19.2 Å². The molecule has 1 aliphatic heterocycles. The van der Waals surface area contributed by atoms with Crippen LogP contribution in [0.25, 0.3) is 11.1 Å². The predicted molar refractivity (Wildman–Crippen MR) is 225 cm³/mol. The topological polar surface area (TPSA) is 218 Å². The Hall–Kier alpha value is -5.02. The number of aryl methyl sites for hydroxylation is 1. The summed E-state index contributed by atoms with van der Waals surface area (Å²) in [5.41, 5.74) is 9.34. The number of benzene rings is 2. The van der Waals surface area contributed by atoms with E-state index in [1.807, 2.05) is 38.1 Å². The fraction of sp³-hybridized carbons (Fsp3) is 0.591. The number of aliphatic carboxylic acids is 1. The van der Waals surface area contributed by atoms with Crippen LogP contribution in [-0.2, 0) is 35.1 Å². The van der Waals surface area contributed by atoms with Crippen molar-refractivity contribution in [2.45, 2.75) is 130 Å². The van der Waals surface area contributed by atoms with Gasteiger partial charge in [0.15, 0.2) is 6.17 Å². The zero-order valence-corrected chi connectivity index (χ0v) is 35.8. The first-order chi connectivity index (χ1) is 27.9. The number of carboxylic acids is 1. The summed E-state index contributed by atoms with van der Waals surface area (Å²) in [7, 11) is 0. The van der Waals surface area contributed by atoms with Crippen molar-refractivity contribution in [3.63, 3.8) is 0 Å². The maximum absolute atomic E-state index is 13.6. The number of hydrogen-bond donors (Lipinski definition) is 6. The van der Waals surface area contributed by atoms with E-state index < -0.39 is 65.7 Å². The van der Waals surface area contributed by atoms with Crippen LogP contribution in [0.15, 0.2) is 48.5 Å². The number of rotatable bonds is 21. The van der Waals surface area contributed by atoms with E-state index in [9.17, 15) is 33.9 Å². The number of likely N-dealkylation sites (tertiary alicyclic amines) is 1. The number of amides is 5. The van der Waals surface area contributed by atoms with E-state index in [0.717, 1.165) is 30.4 Å². The number of ether oxygens (including phenoxy) is 2. The van der Waals surface area contributed by atoms with Gasteiger partial charge in [0.1, 0.15) is 17.7 Å². The third-order valence-corrected chi connectivity index (χ3v) is 9.92. The highest BCUT2D eigenvalue weighted by Gasteiger charge is 2.35. The molecule has 0 radical (unpaired) electrons. The molecular formula is C44H66N6O9. The largest absolute Gasteiger partial charge is 0.480 e. The van der Waals surface area contributed by atoms with Gasteiger partial charge in [-0.25, -0.2) is 9.59 Å². The lowest BCUT2D eigenvalue weighted by Gasteiger charge is -2.33. The second-order valence-corrected chi connectivity index (χ2v) is 16.7. The number of nitrogens with zero attached hydrogens (tertiary/aromatic N) is 1. The minimum absolute atomic E-state index is 0.0430. The summed E-state index contributed by atoms with van der Waals surface area (Å²) in [6, 6.07) is 13.5. The van der Waals surface area contributed by atoms with Crippen LogP contribution in [0.5, 0.6) is 0 Å². The summed E-state index contributed by atoms with van der Waals surface area (Å²) in [4.78, 5) is 79.0. The molecule has 15 nitrogen and oxygen atoms in total. The number of unbranched alkanes of at least 4 members (excludes halogenated alkanes) is 2. The Morgan fingerprint density at radius 2 is 1.46 bits per heavy atom. The first-order valence-corrected chi connectivity index (χ1v) is 20.8. The van der Waals surface area contributed by atoms with Crippen LogP contribution in [-0.4, -0.2) is 102 Å². The Kier molecular flexibility index (Phi) is 19.3. The van der Waals surface area contributed by atoms with Crippen LogP contribution in [0.4, 0.5) is 4.79 Å². The van der Waals surface area contributed by atoms with Crippen molar-refractivity contribution in [1.29, 1.82) is 0 Å². The highest BCUT2D eigenvalue weighted by atomic mass is 16.6. The highest BCUT2D eigenvalue weighted by molar-refractivity contribution is 5.95. The van der Waals surface area contributed by atoms with Gasteiger partial charge in [0, 0.05) is 37.7 Å². The average Bonchev–Trinajstić information content (AvgIpc) is 3.19. The summed E-state index contributed by atoms with van der Waals surface area (Å²) in [6.07, 6.45) is 1.92. The Morgan fingerprint density at radius 3 is 2.02 bits per heavy atom. The molecule has 15 heteroatoms. The third-order valence-electron chi connectivity index (χ3n) is 9.92. The number of carboxylic acid groups (broad SMARTS) is 1. The molecule has 1 fully saturated rings. The molecule has 0 aromatic heterocycles. The zero-order valence-electron chi connectivity index (χ0n) is 35.8. The maximum atomic E-state index is 13.6. The normalized spacial score (nSPS) is 15.4. The molecule has 0 bridgehead atoms. The standard InChI is InChI=1S/C44H66N6O9/c1-8-9-12-30-14-16-31(17-15-30)32-18-20-34(21-19-32)41(54)50-25-22-33(23-26-50)38(51)48-36(29(4)58-27-28(2)3)39(52)49-37(45)40(53)47-35(42(55)56)13-10-11-24-46-43(57)59-44(5,6)7/h14-21,28-29,33,35-37H,8-13,22-27,45H2,1-7H3,(H,46,57)(H,47,53)(H,48,51)(H,49,52)(H,55,56)/t29-,35+,36+,37-/m1/s1. The molecule has 59 heavy (non-hydrogen) atoms. The molecule has 1 aliphatic rings. The van der Waals surface area contributed by atoms with E-state index in [2.05, 4.69) is 52.5 Å². The van der Waals surface area contributed by atoms with E-state index in [1.54, 1.807) is 32.6 Å². The molecule has 0 saturated carbocycles. The van der Waals surface area contributed by atoms with E-state index >= 15 is 0 Å². The smallest absolute Gasteiger partial charge is 0.407 e. The highest BCUT2D eigenvalue weighted by Crippen LogP contribution is 2.24. The molecule has 0 aliphatic carbocycles. The quantitative estimate of drug-likeness (QED) is 0.0749. The molecule has 2 aromatic carbocycles. The number of carbonyl (C=O) groups excluding carboxylic acids is 5. The number of nitrogens with one attached hydrogen (secondary N) is 4. The zero-order chi connectivity index (χ0) is 43.7. The molecular weight excluding hydrogens is 757 g/mol. The van der Waals surface area contributed by atoms with Gasteiger partial charge >= 0.3 is 12.1 Å². The van der Waals surface area contributed by atoms with Crippen LogP contribution in [0.2, 0.25) is 0 Å². The summed E-state index contributed by atoms with van der Waals surface area (Å²) in [5, 5.41) is 19.8. The summed E-state index contributed by atoms with van der Waals surface area (Å²) in [5.74, 6) is -3.86. The van der Waals surface area contributed by atoms with E-state index in [4.69, 9.17) is 15.2 Å². The van der Waals surface area contributed by atoms with Crippen LogP contribution in [0.3, 0.4) is 0 Å². The molecule has 3 rings (SSSR count). The Labute approximate surface area is 348 Å². The third kappa shape index (κ3) is 16.6. The SMILES string of the molecule is CCCCc1ccc(-c2ccc(C(=O)N3CCC(C(=O)N[C@H](C(=O)N[C@@H](N)C(=O)N[C@@H](CCCCNC(=O)OC(C)(C)C)C(=O)O)[C@@H](C)OCC(C)C)CC3)cc2)cc1. The Balaban J connectivity index is 1.54. The predicted octanol–water partition coefficient (Wildman–Crippen LogP) is 4.76. The van der Waals surface area contributed by atoms with Crippen LogP contribution >= 0.6 is 0 Å². The number of alkyl carbamates (subject to hydrolysis) is 1. The van der Waals surface area contributed by atoms with Crippen LogP contribution in [0, 0.1) is 11.8 Å². The Bertz CT molecular complexity index is 1690. The van der Waals surface area contributed by atoms with Crippen LogP contribution in [0.1, 0.15) is 109 Å². The molecule has 1 heterocycles. The molecule has 0 unspecified atom stereocenters. The average molecular weight is 823 g/mol. The first-order valence-electron chi connectivity index (χ1n) is 20.8. The van der Waals surface area contributed by atoms with Gasteiger partial charge in [-0.1, -0.05) is 63.6 Å². The molecule has 7 N–H and O–H groups in total. The second-order valence-electron chi connectivity index (χ2n) is 16.7. The van der Waals surface area contributed by atoms with Gasteiger partial charge in [0.25, 0.3) is 11.8 Å². The van der Waals surface area contributed by atoms with Gasteiger partial charge in [0.2, 0.25) is 11.8 Å². The molecule has 2 aromatic rings. The van der Waals surface area contributed by atoms with E-state index in [0.29, 0.717) is 50.9 Å². The van der Waals surface area contributed by atoms with Crippen LogP contribution < -0.4 is 27.0 Å². The van der Waals surface area contributed by atoms with Gasteiger partial charge in [-0.05, 0) is 107 Å². The molecule has 326 valence electrons. The van der Waals surface area contributed by atoms with E-state index in [-0.39, 0.29) is 24.8 Å². The van der Waals surface area contributed by atoms with Gasteiger partial charge in [0.05, 0.1) is 6.10 Å². The van der Waals surface area contributed by atoms with Gasteiger partial charge < -0.3 is 46.5 Å². The van der Waals surface area contributed by atoms with Crippen molar-refractivity contribution in [2.75, 3.05) is 26.2 Å². The molecule has 0 spiro atoms. The second kappa shape index (κ2) is 23.5. The van der Waals surface area contributed by atoms with Gasteiger partial charge in [-0.2, -0.15) is 0 Å². The van der Waals surface area contributed by atoms with Crippen molar-refractivity contribution >= 4 is 35.7 Å². The van der Waals surface area contributed by atoms with Gasteiger partial charge in [-0.15, -0.1) is 0 Å². The monoisotopic (exact) mass is 822 g/mol. The molecule has 5 amide bonds.